The van der Waals surface area contributed by atoms with Crippen molar-refractivity contribution in [1.82, 2.24) is 9.66 Å². The topological polar surface area (TPSA) is 105 Å². The first-order valence-electron chi connectivity index (χ1n) is 12.4. The van der Waals surface area contributed by atoms with Crippen LogP contribution in [0, 0.1) is 0 Å². The largest absolute Gasteiger partial charge is 0.490 e. The fraction of sp³-hybridized carbons (Fsp3) is 0.172. The first-order valence-corrected chi connectivity index (χ1v) is 14.7. The molecule has 2 aromatic heterocycles. The van der Waals surface area contributed by atoms with Gasteiger partial charge in [0.25, 0.3) is 5.56 Å². The molecule has 0 unspecified atom stereocenters. The van der Waals surface area contributed by atoms with Crippen LogP contribution in [0.1, 0.15) is 19.4 Å². The van der Waals surface area contributed by atoms with Gasteiger partial charge in [-0.3, -0.25) is 4.79 Å². The number of methoxy groups -OCH3 is 1. The van der Waals surface area contributed by atoms with Crippen molar-refractivity contribution >= 4 is 81.8 Å². The summed E-state index contributed by atoms with van der Waals surface area (Å²) in [4.78, 5) is 30.4. The van der Waals surface area contributed by atoms with Gasteiger partial charge in [-0.1, -0.05) is 28.1 Å². The van der Waals surface area contributed by atoms with E-state index >= 15 is 0 Å². The summed E-state index contributed by atoms with van der Waals surface area (Å²) in [5.41, 5.74) is 1.36. The second kappa shape index (κ2) is 12.2. The van der Waals surface area contributed by atoms with Crippen LogP contribution < -0.4 is 15.0 Å². The molecule has 0 bridgehead atoms. The van der Waals surface area contributed by atoms with E-state index in [2.05, 4.69) is 52.9 Å². The highest BCUT2D eigenvalue weighted by atomic mass is 79.9. The van der Waals surface area contributed by atoms with E-state index in [0.717, 1.165) is 9.86 Å². The van der Waals surface area contributed by atoms with Gasteiger partial charge < -0.3 is 18.6 Å². The summed E-state index contributed by atoms with van der Waals surface area (Å²) in [6, 6.07) is 16.2. The molecule has 0 radical (unpaired) electrons. The van der Waals surface area contributed by atoms with E-state index in [0.29, 0.717) is 54.9 Å². The van der Waals surface area contributed by atoms with E-state index in [1.54, 1.807) is 31.2 Å². The summed E-state index contributed by atoms with van der Waals surface area (Å²) >= 11 is 10.6. The molecule has 0 saturated carbocycles. The van der Waals surface area contributed by atoms with Gasteiger partial charge in [0.2, 0.25) is 5.82 Å². The van der Waals surface area contributed by atoms with Crippen molar-refractivity contribution in [1.29, 1.82) is 0 Å². The van der Waals surface area contributed by atoms with E-state index in [1.165, 1.54) is 18.0 Å². The molecule has 0 spiro atoms. The monoisotopic (exact) mass is 745 g/mol. The molecule has 12 heteroatoms. The lowest BCUT2D eigenvalue weighted by molar-refractivity contribution is -0.148. The number of rotatable bonds is 8. The molecule has 2 heterocycles. The first kappa shape index (κ1) is 29.0. The van der Waals surface area contributed by atoms with Crippen molar-refractivity contribution in [3.05, 3.63) is 83.9 Å². The molecule has 3 aromatic carbocycles. The highest BCUT2D eigenvalue weighted by Gasteiger charge is 2.23. The Balaban J connectivity index is 1.65. The lowest BCUT2D eigenvalue weighted by Crippen LogP contribution is -2.25. The zero-order valence-electron chi connectivity index (χ0n) is 22.0. The number of halogens is 3. The number of nitrogens with zero attached hydrogens (tertiary/aromatic N) is 3. The van der Waals surface area contributed by atoms with Crippen molar-refractivity contribution in [3.63, 3.8) is 0 Å². The minimum atomic E-state index is -0.879. The summed E-state index contributed by atoms with van der Waals surface area (Å²) in [6.07, 6.45) is 0.627. The number of aromatic nitrogens is 2. The van der Waals surface area contributed by atoms with Crippen LogP contribution >= 0.6 is 47.8 Å². The fourth-order valence-corrected chi connectivity index (χ4v) is 5.39. The zero-order valence-corrected chi connectivity index (χ0v) is 26.7. The third kappa shape index (κ3) is 5.81. The number of ether oxygens (including phenoxy) is 3. The summed E-state index contributed by atoms with van der Waals surface area (Å²) < 4.78 is 25.7. The molecule has 0 aliphatic carbocycles. The number of carbonyl (C=O) groups is 1. The predicted molar refractivity (Wildman–Crippen MR) is 167 cm³/mol. The summed E-state index contributed by atoms with van der Waals surface area (Å²) in [7, 11) is 1.29. The molecule has 9 nitrogen and oxygen atoms in total. The van der Waals surface area contributed by atoms with Crippen molar-refractivity contribution in [2.75, 3.05) is 13.7 Å². The lowest BCUT2D eigenvalue weighted by Gasteiger charge is -2.19. The van der Waals surface area contributed by atoms with Gasteiger partial charge in [0.05, 0.1) is 35.3 Å². The number of para-hydroxylation sites is 1. The van der Waals surface area contributed by atoms with Gasteiger partial charge in [0.1, 0.15) is 5.58 Å². The third-order valence-corrected chi connectivity index (χ3v) is 8.68. The standard InChI is InChI=1S/C29H22Br3N3O6/c1-4-39-22-13-17(24(31)25(32)26(22)40-15(2)29(37)38-3)14-33-35-27(34-20-8-6-5-7-19(20)28(35)36)23-12-16-11-18(30)9-10-21(16)41-23/h5-15H,4H2,1-3H3/t15-/m0/s1. The van der Waals surface area contributed by atoms with Gasteiger partial charge >= 0.3 is 5.97 Å². The van der Waals surface area contributed by atoms with Crippen molar-refractivity contribution in [2.45, 2.75) is 20.0 Å². The van der Waals surface area contributed by atoms with Gasteiger partial charge in [-0.05, 0) is 88.2 Å². The summed E-state index contributed by atoms with van der Waals surface area (Å²) in [5, 5.41) is 5.80. The molecule has 0 fully saturated rings. The van der Waals surface area contributed by atoms with E-state index in [1.807, 2.05) is 37.3 Å². The molecule has 0 N–H and O–H groups in total. The maximum absolute atomic E-state index is 13.7. The second-order valence-corrected chi connectivity index (χ2v) is 11.2. The second-order valence-electron chi connectivity index (χ2n) is 8.74. The van der Waals surface area contributed by atoms with Crippen LogP contribution in [0.3, 0.4) is 0 Å². The Morgan fingerprint density at radius 1 is 1.12 bits per heavy atom. The van der Waals surface area contributed by atoms with Crippen molar-refractivity contribution in [2.24, 2.45) is 5.10 Å². The number of hydrogen-bond donors (Lipinski definition) is 0. The van der Waals surface area contributed by atoms with Crippen LogP contribution in [0.25, 0.3) is 33.5 Å². The number of fused-ring (bicyclic) bond motifs is 2. The van der Waals surface area contributed by atoms with Gasteiger partial charge in [0.15, 0.2) is 23.4 Å². The van der Waals surface area contributed by atoms with Crippen LogP contribution in [-0.4, -0.2) is 41.7 Å². The quantitative estimate of drug-likeness (QED) is 0.121. The van der Waals surface area contributed by atoms with Gasteiger partial charge in [-0.15, -0.1) is 0 Å². The van der Waals surface area contributed by atoms with E-state index in [9.17, 15) is 9.59 Å². The molecule has 0 saturated heterocycles. The molecule has 41 heavy (non-hydrogen) atoms. The average Bonchev–Trinajstić information content (AvgIpc) is 3.39. The van der Waals surface area contributed by atoms with Crippen LogP contribution in [0.2, 0.25) is 0 Å². The Morgan fingerprint density at radius 3 is 2.66 bits per heavy atom. The lowest BCUT2D eigenvalue weighted by atomic mass is 10.2. The Hall–Kier alpha value is -3.48. The maximum atomic E-state index is 13.7. The number of hydrogen-bond acceptors (Lipinski definition) is 8. The molecule has 5 rings (SSSR count). The summed E-state index contributed by atoms with van der Waals surface area (Å²) in [5.74, 6) is 0.771. The van der Waals surface area contributed by atoms with Gasteiger partial charge in [-0.2, -0.15) is 9.78 Å². The SMILES string of the molecule is CCOc1cc(C=Nn2c(-c3cc4cc(Br)ccc4o3)nc3ccccc3c2=O)c(Br)c(Br)c1O[C@@H](C)C(=O)OC. The predicted octanol–water partition coefficient (Wildman–Crippen LogP) is 7.32. The molecular weight excluding hydrogens is 726 g/mol. The molecule has 0 aliphatic heterocycles. The molecule has 5 aromatic rings. The summed E-state index contributed by atoms with van der Waals surface area (Å²) in [6.45, 7) is 3.75. The Labute approximate surface area is 259 Å². The fourth-order valence-electron chi connectivity index (χ4n) is 4.10. The van der Waals surface area contributed by atoms with E-state index < -0.39 is 12.1 Å². The Kier molecular flexibility index (Phi) is 8.62. The zero-order chi connectivity index (χ0) is 29.3. The van der Waals surface area contributed by atoms with Crippen molar-refractivity contribution in [3.8, 4) is 23.1 Å². The van der Waals surface area contributed by atoms with E-state index in [-0.39, 0.29) is 11.4 Å². The Bertz CT molecular complexity index is 1880. The van der Waals surface area contributed by atoms with Crippen LogP contribution in [0.5, 0.6) is 11.5 Å². The molecule has 1 atom stereocenters. The average molecular weight is 748 g/mol. The van der Waals surface area contributed by atoms with Crippen LogP contribution in [-0.2, 0) is 9.53 Å². The van der Waals surface area contributed by atoms with E-state index in [4.69, 9.17) is 23.6 Å². The minimum absolute atomic E-state index is 0.240. The smallest absolute Gasteiger partial charge is 0.346 e. The van der Waals surface area contributed by atoms with Crippen LogP contribution in [0.4, 0.5) is 0 Å². The molecular formula is C29H22Br3N3O6. The number of esters is 1. The first-order chi connectivity index (χ1) is 19.7. The Morgan fingerprint density at radius 2 is 1.90 bits per heavy atom. The molecule has 0 amide bonds. The highest BCUT2D eigenvalue weighted by Crippen LogP contribution is 2.43. The number of carbonyl (C=O) groups excluding carboxylic acids is 1. The number of furan rings is 1. The van der Waals surface area contributed by atoms with Gasteiger partial charge in [-0.25, -0.2) is 9.78 Å². The van der Waals surface area contributed by atoms with Crippen molar-refractivity contribution < 1.29 is 23.4 Å². The normalized spacial score (nSPS) is 12.2. The maximum Gasteiger partial charge on any atom is 0.346 e. The molecule has 0 aliphatic rings. The van der Waals surface area contributed by atoms with Crippen LogP contribution in [0.15, 0.2) is 82.3 Å². The highest BCUT2D eigenvalue weighted by molar-refractivity contribution is 9.13. The van der Waals surface area contributed by atoms with Gasteiger partial charge in [0, 0.05) is 19.9 Å². The number of benzene rings is 3. The third-order valence-electron chi connectivity index (χ3n) is 6.05. The minimum Gasteiger partial charge on any atom is -0.490 e. The molecule has 210 valence electrons.